The van der Waals surface area contributed by atoms with Gasteiger partial charge in [-0.1, -0.05) is 29.8 Å². The van der Waals surface area contributed by atoms with E-state index in [9.17, 15) is 4.79 Å². The van der Waals surface area contributed by atoms with E-state index in [0.29, 0.717) is 6.54 Å². The summed E-state index contributed by atoms with van der Waals surface area (Å²) in [5.74, 6) is -0.896. The molecular weight excluding hydrogens is 214 g/mol. The van der Waals surface area contributed by atoms with Gasteiger partial charge in [-0.25, -0.2) is 4.79 Å². The topological polar surface area (TPSA) is 49.3 Å². The molecule has 0 aromatic heterocycles. The number of rotatable bonds is 5. The van der Waals surface area contributed by atoms with E-state index in [1.807, 2.05) is 19.1 Å². The largest absolute Gasteiger partial charge is 0.478 e. The van der Waals surface area contributed by atoms with Crippen LogP contribution < -0.4 is 5.32 Å². The Morgan fingerprint density at radius 1 is 1.47 bits per heavy atom. The SMILES string of the molecule is C/C(=C\C(=O)O)CNC(C)c1ccccc1C. The van der Waals surface area contributed by atoms with Crippen LogP contribution in [0.4, 0.5) is 0 Å². The quantitative estimate of drug-likeness (QED) is 0.769. The molecule has 17 heavy (non-hydrogen) atoms. The summed E-state index contributed by atoms with van der Waals surface area (Å²) in [6.07, 6.45) is 1.23. The third kappa shape index (κ3) is 4.41. The van der Waals surface area contributed by atoms with Crippen LogP contribution in [0, 0.1) is 6.92 Å². The number of carbonyl (C=O) groups is 1. The standard InChI is InChI=1S/C14H19NO2/c1-10(8-14(16)17)9-15-12(3)13-7-5-4-6-11(13)2/h4-8,12,15H,9H2,1-3H3,(H,16,17)/b10-8+. The fraction of sp³-hybridized carbons (Fsp3) is 0.357. The molecule has 0 spiro atoms. The monoisotopic (exact) mass is 233 g/mol. The summed E-state index contributed by atoms with van der Waals surface area (Å²) in [4.78, 5) is 10.5. The smallest absolute Gasteiger partial charge is 0.328 e. The molecule has 2 N–H and O–H groups in total. The zero-order valence-electron chi connectivity index (χ0n) is 10.5. The number of nitrogens with one attached hydrogen (secondary N) is 1. The number of aliphatic carboxylic acids is 1. The van der Waals surface area contributed by atoms with Crippen molar-refractivity contribution in [2.45, 2.75) is 26.8 Å². The fourth-order valence-corrected chi connectivity index (χ4v) is 1.76. The van der Waals surface area contributed by atoms with Gasteiger partial charge < -0.3 is 10.4 Å². The molecule has 0 fully saturated rings. The Balaban J connectivity index is 2.59. The molecule has 0 saturated heterocycles. The molecule has 1 aromatic rings. The van der Waals surface area contributed by atoms with Crippen molar-refractivity contribution in [1.29, 1.82) is 0 Å². The lowest BCUT2D eigenvalue weighted by atomic mass is 10.0. The van der Waals surface area contributed by atoms with Crippen molar-refractivity contribution in [3.8, 4) is 0 Å². The summed E-state index contributed by atoms with van der Waals surface area (Å²) in [5, 5.41) is 11.9. The fourth-order valence-electron chi connectivity index (χ4n) is 1.76. The van der Waals surface area contributed by atoms with Crippen molar-refractivity contribution >= 4 is 5.97 Å². The zero-order valence-corrected chi connectivity index (χ0v) is 10.5. The van der Waals surface area contributed by atoms with Crippen LogP contribution >= 0.6 is 0 Å². The van der Waals surface area contributed by atoms with E-state index in [0.717, 1.165) is 5.57 Å². The third-order valence-electron chi connectivity index (χ3n) is 2.71. The first-order valence-corrected chi connectivity index (χ1v) is 5.69. The highest BCUT2D eigenvalue weighted by Crippen LogP contribution is 2.16. The molecule has 1 unspecified atom stereocenters. The molecular formula is C14H19NO2. The average Bonchev–Trinajstić information content (AvgIpc) is 2.25. The van der Waals surface area contributed by atoms with Gasteiger partial charge in [0.15, 0.2) is 0 Å². The Morgan fingerprint density at radius 2 is 2.12 bits per heavy atom. The van der Waals surface area contributed by atoms with E-state index in [-0.39, 0.29) is 6.04 Å². The summed E-state index contributed by atoms with van der Waals surface area (Å²) >= 11 is 0. The third-order valence-corrected chi connectivity index (χ3v) is 2.71. The van der Waals surface area contributed by atoms with E-state index in [4.69, 9.17) is 5.11 Å². The van der Waals surface area contributed by atoms with Crippen LogP contribution in [0.2, 0.25) is 0 Å². The Kier molecular flexibility index (Phi) is 4.91. The maximum atomic E-state index is 10.5. The van der Waals surface area contributed by atoms with Gasteiger partial charge in [0.2, 0.25) is 0 Å². The molecule has 92 valence electrons. The van der Waals surface area contributed by atoms with Gasteiger partial charge in [-0.05, 0) is 31.9 Å². The molecule has 1 rings (SSSR count). The number of aryl methyl sites for hydroxylation is 1. The zero-order chi connectivity index (χ0) is 12.8. The van der Waals surface area contributed by atoms with Crippen LogP contribution in [0.25, 0.3) is 0 Å². The van der Waals surface area contributed by atoms with Crippen LogP contribution in [0.3, 0.4) is 0 Å². The highest BCUT2D eigenvalue weighted by Gasteiger charge is 2.06. The van der Waals surface area contributed by atoms with Crippen molar-refractivity contribution < 1.29 is 9.90 Å². The molecule has 0 heterocycles. The van der Waals surface area contributed by atoms with Gasteiger partial charge in [-0.15, -0.1) is 0 Å². The van der Waals surface area contributed by atoms with Gasteiger partial charge in [0.1, 0.15) is 0 Å². The van der Waals surface area contributed by atoms with Crippen LogP contribution in [0.1, 0.15) is 31.0 Å². The number of hydrogen-bond donors (Lipinski definition) is 2. The van der Waals surface area contributed by atoms with Crippen molar-refractivity contribution in [2.75, 3.05) is 6.54 Å². The van der Waals surface area contributed by atoms with Gasteiger partial charge in [-0.3, -0.25) is 0 Å². The van der Waals surface area contributed by atoms with Gasteiger partial charge in [0.25, 0.3) is 0 Å². The van der Waals surface area contributed by atoms with Gasteiger partial charge in [-0.2, -0.15) is 0 Å². The lowest BCUT2D eigenvalue weighted by Gasteiger charge is -2.16. The van der Waals surface area contributed by atoms with E-state index in [1.165, 1.54) is 17.2 Å². The highest BCUT2D eigenvalue weighted by molar-refractivity contribution is 5.80. The second kappa shape index (κ2) is 6.21. The lowest BCUT2D eigenvalue weighted by molar-refractivity contribution is -0.131. The number of hydrogen-bond acceptors (Lipinski definition) is 2. The molecule has 1 atom stereocenters. The first kappa shape index (κ1) is 13.5. The van der Waals surface area contributed by atoms with Gasteiger partial charge >= 0.3 is 5.97 Å². The Morgan fingerprint density at radius 3 is 2.71 bits per heavy atom. The van der Waals surface area contributed by atoms with Crippen LogP contribution in [0.15, 0.2) is 35.9 Å². The molecule has 1 aromatic carbocycles. The predicted octanol–water partition coefficient (Wildman–Crippen LogP) is 2.68. The van der Waals surface area contributed by atoms with Crippen LogP contribution in [0.5, 0.6) is 0 Å². The number of carboxylic acids is 1. The van der Waals surface area contributed by atoms with Gasteiger partial charge in [0.05, 0.1) is 0 Å². The van der Waals surface area contributed by atoms with Gasteiger partial charge in [0, 0.05) is 18.7 Å². The summed E-state index contributed by atoms with van der Waals surface area (Å²) in [7, 11) is 0. The summed E-state index contributed by atoms with van der Waals surface area (Å²) in [5.41, 5.74) is 3.31. The predicted molar refractivity (Wildman–Crippen MR) is 69.0 cm³/mol. The maximum absolute atomic E-state index is 10.5. The van der Waals surface area contributed by atoms with E-state index in [2.05, 4.69) is 31.3 Å². The van der Waals surface area contributed by atoms with E-state index >= 15 is 0 Å². The summed E-state index contributed by atoms with van der Waals surface area (Å²) in [6.45, 7) is 6.55. The van der Waals surface area contributed by atoms with Crippen molar-refractivity contribution in [3.05, 3.63) is 47.0 Å². The molecule has 3 nitrogen and oxygen atoms in total. The lowest BCUT2D eigenvalue weighted by Crippen LogP contribution is -2.21. The summed E-state index contributed by atoms with van der Waals surface area (Å²) in [6, 6.07) is 8.41. The summed E-state index contributed by atoms with van der Waals surface area (Å²) < 4.78 is 0. The average molecular weight is 233 g/mol. The first-order valence-electron chi connectivity index (χ1n) is 5.69. The minimum Gasteiger partial charge on any atom is -0.478 e. The maximum Gasteiger partial charge on any atom is 0.328 e. The van der Waals surface area contributed by atoms with Crippen molar-refractivity contribution in [3.63, 3.8) is 0 Å². The molecule has 0 radical (unpaired) electrons. The van der Waals surface area contributed by atoms with Crippen molar-refractivity contribution in [2.24, 2.45) is 0 Å². The number of carboxylic acid groups (broad SMARTS) is 1. The minimum absolute atomic E-state index is 0.216. The van der Waals surface area contributed by atoms with Crippen LogP contribution in [-0.2, 0) is 4.79 Å². The molecule has 0 amide bonds. The molecule has 0 bridgehead atoms. The van der Waals surface area contributed by atoms with Crippen molar-refractivity contribution in [1.82, 2.24) is 5.32 Å². The normalized spacial score (nSPS) is 13.5. The molecule has 0 saturated carbocycles. The Hall–Kier alpha value is -1.61. The minimum atomic E-state index is -0.896. The molecule has 0 aliphatic heterocycles. The van der Waals surface area contributed by atoms with Crippen LogP contribution in [-0.4, -0.2) is 17.6 Å². The molecule has 0 aliphatic carbocycles. The first-order chi connectivity index (χ1) is 8.00. The second-order valence-corrected chi connectivity index (χ2v) is 4.29. The second-order valence-electron chi connectivity index (χ2n) is 4.29. The van der Waals surface area contributed by atoms with E-state index < -0.39 is 5.97 Å². The highest BCUT2D eigenvalue weighted by atomic mass is 16.4. The number of benzene rings is 1. The van der Waals surface area contributed by atoms with E-state index in [1.54, 1.807) is 0 Å². The molecule has 0 aliphatic rings. The Labute approximate surface area is 102 Å². The molecule has 3 heteroatoms. The Bertz CT molecular complexity index is 424.